The number of methoxy groups -OCH3 is 2. The maximum atomic E-state index is 13.0. The normalized spacial score (nSPS) is 12.4. The highest BCUT2D eigenvalue weighted by atomic mass is 16.6. The number of rotatable bonds is 6. The smallest absolute Gasteiger partial charge is 0.277 e. The molecule has 0 bridgehead atoms. The van der Waals surface area contributed by atoms with E-state index in [0.717, 1.165) is 5.56 Å². The number of hydrogen-bond donors (Lipinski definition) is 1. The topological polar surface area (TPSA) is 105 Å². The molecule has 174 valence electrons. The molecule has 0 spiro atoms. The number of carbonyl (C=O) groups is 1. The third-order valence-corrected chi connectivity index (χ3v) is 5.42. The molecule has 1 aliphatic heterocycles. The van der Waals surface area contributed by atoms with Gasteiger partial charge in [-0.1, -0.05) is 0 Å². The summed E-state index contributed by atoms with van der Waals surface area (Å²) in [5.41, 5.74) is 1.93. The molecule has 2 aromatic heterocycles. The van der Waals surface area contributed by atoms with Crippen molar-refractivity contribution < 1.29 is 23.7 Å². The summed E-state index contributed by atoms with van der Waals surface area (Å²) in [6.45, 7) is 0.795. The standard InChI is InChI=1S/C24H22N4O6/c1-31-19-5-3-15(11-21(19)32-2)17-13-18-24(30)27(7-8-28(18)26-17)14-23(29)25-16-4-6-20-22(12-16)34-10-9-33-20/h3-8,11-13H,9-10,14H2,1-2H3,(H,25,29). The Labute approximate surface area is 194 Å². The maximum Gasteiger partial charge on any atom is 0.277 e. The second kappa shape index (κ2) is 8.81. The summed E-state index contributed by atoms with van der Waals surface area (Å²) in [6.07, 6.45) is 3.17. The summed E-state index contributed by atoms with van der Waals surface area (Å²) >= 11 is 0. The second-order valence-corrected chi connectivity index (χ2v) is 7.57. The Morgan fingerprint density at radius 1 is 1.00 bits per heavy atom. The van der Waals surface area contributed by atoms with Crippen LogP contribution in [0.15, 0.2) is 59.7 Å². The van der Waals surface area contributed by atoms with Gasteiger partial charge in [-0.25, -0.2) is 4.52 Å². The molecule has 10 heteroatoms. The number of anilines is 1. The zero-order valence-electron chi connectivity index (χ0n) is 18.6. The summed E-state index contributed by atoms with van der Waals surface area (Å²) < 4.78 is 24.5. The summed E-state index contributed by atoms with van der Waals surface area (Å²) in [5, 5.41) is 7.27. The number of hydrogen-bond acceptors (Lipinski definition) is 7. The van der Waals surface area contributed by atoms with Crippen molar-refractivity contribution in [3.8, 4) is 34.3 Å². The number of benzene rings is 2. The van der Waals surface area contributed by atoms with Gasteiger partial charge in [0, 0.05) is 29.7 Å². The maximum absolute atomic E-state index is 13.0. The Bertz CT molecular complexity index is 1440. The number of fused-ring (bicyclic) bond motifs is 2. The van der Waals surface area contributed by atoms with Crippen LogP contribution in [0, 0.1) is 0 Å². The van der Waals surface area contributed by atoms with Gasteiger partial charge in [0.2, 0.25) is 5.91 Å². The minimum absolute atomic E-state index is 0.152. The Kier molecular flexibility index (Phi) is 5.54. The third-order valence-electron chi connectivity index (χ3n) is 5.42. The highest BCUT2D eigenvalue weighted by Crippen LogP contribution is 2.33. The number of nitrogens with zero attached hydrogens (tertiary/aromatic N) is 3. The SMILES string of the molecule is COc1ccc(-c2cc3c(=O)n(CC(=O)Nc4ccc5c(c4)OCCO5)ccn3n2)cc1OC. The first-order chi connectivity index (χ1) is 16.6. The highest BCUT2D eigenvalue weighted by molar-refractivity contribution is 5.91. The van der Waals surface area contributed by atoms with Crippen LogP contribution in [0.3, 0.4) is 0 Å². The average molecular weight is 462 g/mol. The van der Waals surface area contributed by atoms with E-state index in [0.29, 0.717) is 53.1 Å². The van der Waals surface area contributed by atoms with E-state index in [9.17, 15) is 9.59 Å². The van der Waals surface area contributed by atoms with Gasteiger partial charge in [-0.05, 0) is 36.4 Å². The zero-order chi connectivity index (χ0) is 23.7. The first kappa shape index (κ1) is 21.4. The van der Waals surface area contributed by atoms with Crippen LogP contribution in [-0.2, 0) is 11.3 Å². The van der Waals surface area contributed by atoms with Crippen LogP contribution in [-0.4, -0.2) is 47.5 Å². The minimum atomic E-state index is -0.345. The van der Waals surface area contributed by atoms with E-state index in [1.54, 1.807) is 56.8 Å². The molecule has 0 radical (unpaired) electrons. The molecular formula is C24H22N4O6. The lowest BCUT2D eigenvalue weighted by atomic mass is 10.1. The molecule has 5 rings (SSSR count). The molecule has 1 amide bonds. The summed E-state index contributed by atoms with van der Waals surface area (Å²) in [6, 6.07) is 12.2. The van der Waals surface area contributed by atoms with Crippen LogP contribution >= 0.6 is 0 Å². The molecule has 0 atom stereocenters. The van der Waals surface area contributed by atoms with E-state index >= 15 is 0 Å². The van der Waals surface area contributed by atoms with Gasteiger partial charge in [-0.15, -0.1) is 0 Å². The molecular weight excluding hydrogens is 440 g/mol. The molecule has 34 heavy (non-hydrogen) atoms. The number of amides is 1. The van der Waals surface area contributed by atoms with E-state index in [2.05, 4.69) is 10.4 Å². The van der Waals surface area contributed by atoms with Crippen molar-refractivity contribution in [3.05, 3.63) is 65.2 Å². The summed E-state index contributed by atoms with van der Waals surface area (Å²) in [4.78, 5) is 25.6. The molecule has 3 heterocycles. The zero-order valence-corrected chi connectivity index (χ0v) is 18.6. The Hall–Kier alpha value is -4.47. The molecule has 0 aliphatic carbocycles. The van der Waals surface area contributed by atoms with Crippen molar-refractivity contribution in [2.45, 2.75) is 6.54 Å². The number of carbonyl (C=O) groups excluding carboxylic acids is 1. The molecule has 0 saturated carbocycles. The van der Waals surface area contributed by atoms with Crippen LogP contribution in [0.1, 0.15) is 0 Å². The van der Waals surface area contributed by atoms with Crippen LogP contribution in [0.2, 0.25) is 0 Å². The Morgan fingerprint density at radius 3 is 2.59 bits per heavy atom. The molecule has 1 aliphatic rings. The van der Waals surface area contributed by atoms with Gasteiger partial charge >= 0.3 is 0 Å². The summed E-state index contributed by atoms with van der Waals surface area (Å²) in [7, 11) is 3.12. The molecule has 0 fully saturated rings. The van der Waals surface area contributed by atoms with E-state index < -0.39 is 0 Å². The van der Waals surface area contributed by atoms with Gasteiger partial charge in [0.15, 0.2) is 23.0 Å². The van der Waals surface area contributed by atoms with Gasteiger partial charge in [-0.2, -0.15) is 5.10 Å². The first-order valence-corrected chi connectivity index (χ1v) is 10.6. The summed E-state index contributed by atoms with van der Waals surface area (Å²) in [5.74, 6) is 2.02. The highest BCUT2D eigenvalue weighted by Gasteiger charge is 2.15. The monoisotopic (exact) mass is 462 g/mol. The molecule has 2 aromatic carbocycles. The van der Waals surface area contributed by atoms with E-state index in [1.807, 2.05) is 6.07 Å². The third kappa shape index (κ3) is 4.01. The van der Waals surface area contributed by atoms with E-state index in [1.165, 1.54) is 15.3 Å². The molecule has 0 saturated heterocycles. The number of aromatic nitrogens is 3. The number of ether oxygens (including phenoxy) is 4. The van der Waals surface area contributed by atoms with Crippen LogP contribution in [0.5, 0.6) is 23.0 Å². The fraction of sp³-hybridized carbons (Fsp3) is 0.208. The van der Waals surface area contributed by atoms with Crippen molar-refractivity contribution >= 4 is 17.1 Å². The lowest BCUT2D eigenvalue weighted by Crippen LogP contribution is -2.28. The predicted molar refractivity (Wildman–Crippen MR) is 124 cm³/mol. The van der Waals surface area contributed by atoms with Gasteiger partial charge in [0.05, 0.1) is 19.9 Å². The van der Waals surface area contributed by atoms with Crippen molar-refractivity contribution in [2.24, 2.45) is 0 Å². The minimum Gasteiger partial charge on any atom is -0.493 e. The van der Waals surface area contributed by atoms with Crippen LogP contribution < -0.4 is 29.8 Å². The van der Waals surface area contributed by atoms with Crippen molar-refractivity contribution in [1.82, 2.24) is 14.2 Å². The largest absolute Gasteiger partial charge is 0.493 e. The van der Waals surface area contributed by atoms with Crippen molar-refractivity contribution in [3.63, 3.8) is 0 Å². The molecule has 10 nitrogen and oxygen atoms in total. The fourth-order valence-electron chi connectivity index (χ4n) is 3.76. The Balaban J connectivity index is 1.37. The lowest BCUT2D eigenvalue weighted by molar-refractivity contribution is -0.116. The molecule has 1 N–H and O–H groups in total. The molecule has 4 aromatic rings. The first-order valence-electron chi connectivity index (χ1n) is 10.6. The fourth-order valence-corrected chi connectivity index (χ4v) is 3.76. The van der Waals surface area contributed by atoms with Crippen molar-refractivity contribution in [2.75, 3.05) is 32.8 Å². The van der Waals surface area contributed by atoms with Crippen molar-refractivity contribution in [1.29, 1.82) is 0 Å². The average Bonchev–Trinajstić information content (AvgIpc) is 3.30. The van der Waals surface area contributed by atoms with Crippen LogP contribution in [0.4, 0.5) is 5.69 Å². The Morgan fingerprint density at radius 2 is 1.79 bits per heavy atom. The quantitative estimate of drug-likeness (QED) is 0.470. The lowest BCUT2D eigenvalue weighted by Gasteiger charge is -2.19. The second-order valence-electron chi connectivity index (χ2n) is 7.57. The number of nitrogens with one attached hydrogen (secondary N) is 1. The van der Waals surface area contributed by atoms with E-state index in [4.69, 9.17) is 18.9 Å². The van der Waals surface area contributed by atoms with Crippen LogP contribution in [0.25, 0.3) is 16.8 Å². The predicted octanol–water partition coefficient (Wildman–Crippen LogP) is 2.59. The molecule has 0 unspecified atom stereocenters. The van der Waals surface area contributed by atoms with Gasteiger partial charge < -0.3 is 28.8 Å². The van der Waals surface area contributed by atoms with E-state index in [-0.39, 0.29) is 18.0 Å². The van der Waals surface area contributed by atoms with Gasteiger partial charge in [0.1, 0.15) is 25.3 Å². The van der Waals surface area contributed by atoms with Gasteiger partial charge in [-0.3, -0.25) is 9.59 Å². The van der Waals surface area contributed by atoms with Gasteiger partial charge in [0.25, 0.3) is 5.56 Å².